The number of hydrogen-bond donors (Lipinski definition) is 1. The van der Waals surface area contributed by atoms with Gasteiger partial charge in [0.05, 0.1) is 19.0 Å². The van der Waals surface area contributed by atoms with Gasteiger partial charge < -0.3 is 19.9 Å². The number of carbonyl (C=O) groups is 1. The average Bonchev–Trinajstić information content (AvgIpc) is 2.62. The van der Waals surface area contributed by atoms with Crippen LogP contribution in [0.5, 0.6) is 5.75 Å². The maximum atomic E-state index is 12.3. The van der Waals surface area contributed by atoms with Crippen LogP contribution >= 0.6 is 0 Å². The highest BCUT2D eigenvalue weighted by molar-refractivity contribution is 6.03. The van der Waals surface area contributed by atoms with Crippen LogP contribution in [0, 0.1) is 0 Å². The maximum absolute atomic E-state index is 12.3. The highest BCUT2D eigenvalue weighted by Gasteiger charge is 2.15. The number of pyridine rings is 1. The summed E-state index contributed by atoms with van der Waals surface area (Å²) < 4.78 is 5.16. The number of rotatable bonds is 4. The van der Waals surface area contributed by atoms with E-state index >= 15 is 0 Å². The summed E-state index contributed by atoms with van der Waals surface area (Å²) in [5.41, 5.74) is 2.14. The Morgan fingerprint density at radius 1 is 1.17 bits per heavy atom. The van der Waals surface area contributed by atoms with Crippen molar-refractivity contribution < 1.29 is 9.53 Å². The van der Waals surface area contributed by atoms with Crippen molar-refractivity contribution in [3.05, 3.63) is 48.3 Å². The Bertz CT molecular complexity index is 694. The Morgan fingerprint density at radius 2 is 1.96 bits per heavy atom. The smallest absolute Gasteiger partial charge is 0.274 e. The van der Waals surface area contributed by atoms with Gasteiger partial charge in [0.25, 0.3) is 5.91 Å². The standard InChI is InChI=1S/C18H22N4O2/c1-21-8-10-22(11-9-21)15-6-7-17(19-13-15)18(23)20-14-4-3-5-16(12-14)24-2/h3-7,12-13H,8-11H2,1-2H3,(H,20,23). The van der Waals surface area contributed by atoms with Gasteiger partial charge in [-0.05, 0) is 31.3 Å². The summed E-state index contributed by atoms with van der Waals surface area (Å²) in [5.74, 6) is 0.472. The number of nitrogens with one attached hydrogen (secondary N) is 1. The van der Waals surface area contributed by atoms with Gasteiger partial charge in [-0.25, -0.2) is 4.98 Å². The number of amides is 1. The van der Waals surface area contributed by atoms with Gasteiger partial charge in [-0.3, -0.25) is 4.79 Å². The summed E-state index contributed by atoms with van der Waals surface area (Å²) in [6.07, 6.45) is 1.77. The Labute approximate surface area is 142 Å². The zero-order chi connectivity index (χ0) is 16.9. The molecule has 0 spiro atoms. The van der Waals surface area contributed by atoms with E-state index in [9.17, 15) is 4.79 Å². The first-order valence-electron chi connectivity index (χ1n) is 8.00. The van der Waals surface area contributed by atoms with Gasteiger partial charge in [0.1, 0.15) is 11.4 Å². The third-order valence-corrected chi connectivity index (χ3v) is 4.18. The predicted octanol–water partition coefficient (Wildman–Crippen LogP) is 2.09. The molecule has 3 rings (SSSR count). The molecule has 1 saturated heterocycles. The minimum atomic E-state index is -0.229. The van der Waals surface area contributed by atoms with Crippen LogP contribution in [0.25, 0.3) is 0 Å². The van der Waals surface area contributed by atoms with E-state index in [0.29, 0.717) is 17.1 Å². The normalized spacial score (nSPS) is 15.2. The van der Waals surface area contributed by atoms with Crippen molar-refractivity contribution in [1.82, 2.24) is 9.88 Å². The maximum Gasteiger partial charge on any atom is 0.274 e. The molecule has 1 N–H and O–H groups in total. The number of nitrogens with zero attached hydrogens (tertiary/aromatic N) is 3. The van der Waals surface area contributed by atoms with Crippen LogP contribution in [-0.2, 0) is 0 Å². The fourth-order valence-electron chi connectivity index (χ4n) is 2.67. The molecular formula is C18H22N4O2. The second-order valence-electron chi connectivity index (χ2n) is 5.88. The van der Waals surface area contributed by atoms with Gasteiger partial charge >= 0.3 is 0 Å². The first kappa shape index (κ1) is 16.3. The van der Waals surface area contributed by atoms with Crippen molar-refractivity contribution in [3.8, 4) is 5.75 Å². The molecule has 0 atom stereocenters. The first-order valence-corrected chi connectivity index (χ1v) is 8.00. The second-order valence-corrected chi connectivity index (χ2v) is 5.88. The summed E-state index contributed by atoms with van der Waals surface area (Å²) in [5, 5.41) is 2.84. The van der Waals surface area contributed by atoms with Crippen LogP contribution in [0.1, 0.15) is 10.5 Å². The molecule has 2 aromatic rings. The van der Waals surface area contributed by atoms with Crippen molar-refractivity contribution in [2.75, 3.05) is 50.6 Å². The van der Waals surface area contributed by atoms with Crippen molar-refractivity contribution >= 4 is 17.3 Å². The molecule has 2 heterocycles. The van der Waals surface area contributed by atoms with Gasteiger partial charge in [-0.15, -0.1) is 0 Å². The van der Waals surface area contributed by atoms with E-state index in [0.717, 1.165) is 31.9 Å². The van der Waals surface area contributed by atoms with Gasteiger partial charge in [0.2, 0.25) is 0 Å². The highest BCUT2D eigenvalue weighted by atomic mass is 16.5. The van der Waals surface area contributed by atoms with Crippen molar-refractivity contribution in [2.24, 2.45) is 0 Å². The Balaban J connectivity index is 1.65. The van der Waals surface area contributed by atoms with E-state index in [2.05, 4.69) is 27.1 Å². The number of ether oxygens (including phenoxy) is 1. The summed E-state index contributed by atoms with van der Waals surface area (Å²) in [6.45, 7) is 4.04. The van der Waals surface area contributed by atoms with Crippen molar-refractivity contribution in [1.29, 1.82) is 0 Å². The molecule has 1 aliphatic heterocycles. The Kier molecular flexibility index (Phi) is 4.96. The molecule has 1 fully saturated rings. The molecular weight excluding hydrogens is 304 g/mol. The summed E-state index contributed by atoms with van der Waals surface area (Å²) in [7, 11) is 3.72. The highest BCUT2D eigenvalue weighted by Crippen LogP contribution is 2.18. The number of likely N-dealkylation sites (N-methyl/N-ethyl adjacent to an activating group) is 1. The van der Waals surface area contributed by atoms with E-state index in [1.165, 1.54) is 0 Å². The largest absolute Gasteiger partial charge is 0.497 e. The average molecular weight is 326 g/mol. The Morgan fingerprint density at radius 3 is 2.62 bits per heavy atom. The van der Waals surface area contributed by atoms with Crippen LogP contribution in [0.3, 0.4) is 0 Å². The third kappa shape index (κ3) is 3.83. The lowest BCUT2D eigenvalue weighted by Gasteiger charge is -2.33. The van der Waals surface area contributed by atoms with Gasteiger partial charge in [0.15, 0.2) is 0 Å². The molecule has 0 bridgehead atoms. The topological polar surface area (TPSA) is 57.7 Å². The summed E-state index contributed by atoms with van der Waals surface area (Å²) in [4.78, 5) is 21.2. The minimum absolute atomic E-state index is 0.229. The van der Waals surface area contributed by atoms with E-state index < -0.39 is 0 Å². The van der Waals surface area contributed by atoms with Gasteiger partial charge in [-0.2, -0.15) is 0 Å². The molecule has 24 heavy (non-hydrogen) atoms. The first-order chi connectivity index (χ1) is 11.7. The number of piperazine rings is 1. The molecule has 1 aromatic carbocycles. The molecule has 1 aliphatic rings. The lowest BCUT2D eigenvalue weighted by molar-refractivity contribution is 0.102. The monoisotopic (exact) mass is 326 g/mol. The number of methoxy groups -OCH3 is 1. The molecule has 0 radical (unpaired) electrons. The fraction of sp³-hybridized carbons (Fsp3) is 0.333. The summed E-state index contributed by atoms with van der Waals surface area (Å²) >= 11 is 0. The predicted molar refractivity (Wildman–Crippen MR) is 94.9 cm³/mol. The number of anilines is 2. The fourth-order valence-corrected chi connectivity index (χ4v) is 2.67. The number of aromatic nitrogens is 1. The van der Waals surface area contributed by atoms with Crippen molar-refractivity contribution in [3.63, 3.8) is 0 Å². The molecule has 0 saturated carbocycles. The van der Waals surface area contributed by atoms with Crippen LogP contribution in [0.15, 0.2) is 42.6 Å². The van der Waals surface area contributed by atoms with E-state index in [1.807, 2.05) is 24.3 Å². The SMILES string of the molecule is COc1cccc(NC(=O)c2ccc(N3CCN(C)CC3)cn2)c1. The number of carbonyl (C=O) groups excluding carboxylic acids is 1. The minimum Gasteiger partial charge on any atom is -0.497 e. The quantitative estimate of drug-likeness (QED) is 0.932. The zero-order valence-corrected chi connectivity index (χ0v) is 14.0. The molecule has 6 nitrogen and oxygen atoms in total. The van der Waals surface area contributed by atoms with Crippen LogP contribution in [-0.4, -0.2) is 56.1 Å². The third-order valence-electron chi connectivity index (χ3n) is 4.18. The molecule has 0 aliphatic carbocycles. The molecule has 1 aromatic heterocycles. The number of hydrogen-bond acceptors (Lipinski definition) is 5. The lowest BCUT2D eigenvalue weighted by atomic mass is 10.2. The molecule has 1 amide bonds. The van der Waals surface area contributed by atoms with Crippen LogP contribution in [0.4, 0.5) is 11.4 Å². The van der Waals surface area contributed by atoms with E-state index in [-0.39, 0.29) is 5.91 Å². The van der Waals surface area contributed by atoms with Crippen LogP contribution in [0.2, 0.25) is 0 Å². The van der Waals surface area contributed by atoms with Gasteiger partial charge in [-0.1, -0.05) is 6.07 Å². The van der Waals surface area contributed by atoms with Crippen LogP contribution < -0.4 is 15.0 Å². The Hall–Kier alpha value is -2.60. The van der Waals surface area contributed by atoms with Crippen molar-refractivity contribution in [2.45, 2.75) is 0 Å². The molecule has 6 heteroatoms. The zero-order valence-electron chi connectivity index (χ0n) is 14.0. The molecule has 126 valence electrons. The van der Waals surface area contributed by atoms with E-state index in [4.69, 9.17) is 4.74 Å². The van der Waals surface area contributed by atoms with E-state index in [1.54, 1.807) is 25.4 Å². The molecule has 0 unspecified atom stereocenters. The summed E-state index contributed by atoms with van der Waals surface area (Å²) in [6, 6.07) is 11.0. The van der Waals surface area contributed by atoms with Gasteiger partial charge in [0, 0.05) is 37.9 Å². The second kappa shape index (κ2) is 7.31. The number of benzene rings is 1. The lowest BCUT2D eigenvalue weighted by Crippen LogP contribution is -2.44.